The molecule has 190 valence electrons. The number of anilines is 1. The van der Waals surface area contributed by atoms with E-state index in [9.17, 15) is 13.6 Å². The van der Waals surface area contributed by atoms with Crippen LogP contribution in [0.25, 0.3) is 0 Å². The highest BCUT2D eigenvalue weighted by molar-refractivity contribution is 7.14. The predicted molar refractivity (Wildman–Crippen MR) is 139 cm³/mol. The first kappa shape index (κ1) is 23.8. The summed E-state index contributed by atoms with van der Waals surface area (Å²) in [6.45, 7) is 5.04. The Balaban J connectivity index is 1.10. The number of aliphatic imine (C=N–C) groups is 1. The van der Waals surface area contributed by atoms with E-state index in [1.165, 1.54) is 16.9 Å². The summed E-state index contributed by atoms with van der Waals surface area (Å²) in [7, 11) is 0. The summed E-state index contributed by atoms with van der Waals surface area (Å²) in [5, 5.41) is 3.21. The topological polar surface area (TPSA) is 57.6 Å². The van der Waals surface area contributed by atoms with Gasteiger partial charge in [-0.15, -0.1) is 11.3 Å². The summed E-state index contributed by atoms with van der Waals surface area (Å²) < 4.78 is 27.1. The fourth-order valence-electron chi connectivity index (χ4n) is 6.17. The van der Waals surface area contributed by atoms with Crippen LogP contribution >= 0.6 is 11.3 Å². The minimum atomic E-state index is -2.48. The zero-order valence-corrected chi connectivity index (χ0v) is 21.6. The van der Waals surface area contributed by atoms with Crippen LogP contribution in [0, 0.1) is 17.8 Å². The van der Waals surface area contributed by atoms with Gasteiger partial charge in [0.05, 0.1) is 28.5 Å². The number of carbonyl (C=O) groups is 1. The molecule has 0 aromatic carbocycles. The molecule has 8 heteroatoms. The number of pyridine rings is 1. The van der Waals surface area contributed by atoms with Crippen LogP contribution in [0.1, 0.15) is 65.3 Å². The highest BCUT2D eigenvalue weighted by Crippen LogP contribution is 2.59. The summed E-state index contributed by atoms with van der Waals surface area (Å²) in [5.41, 5.74) is 4.61. The van der Waals surface area contributed by atoms with E-state index in [0.717, 1.165) is 59.8 Å². The number of halogens is 2. The quantitative estimate of drug-likeness (QED) is 0.500. The number of aromatic nitrogens is 1. The largest absolute Gasteiger partial charge is 0.356 e. The molecule has 36 heavy (non-hydrogen) atoms. The summed E-state index contributed by atoms with van der Waals surface area (Å²) in [4.78, 5) is 26.3. The van der Waals surface area contributed by atoms with Crippen molar-refractivity contribution in [1.82, 2.24) is 10.3 Å². The SMILES string of the molecule is CCCC1C=NC2=C1CC[C@H]2NC(=O)c1ccc(Cc2ccc(N3CC4C(C3)C4(F)F)nc2CC)s1. The Morgan fingerprint density at radius 2 is 2.00 bits per heavy atom. The van der Waals surface area contributed by atoms with Crippen LogP contribution in [-0.4, -0.2) is 42.2 Å². The van der Waals surface area contributed by atoms with Crippen molar-refractivity contribution < 1.29 is 13.6 Å². The van der Waals surface area contributed by atoms with Crippen molar-refractivity contribution in [3.05, 3.63) is 56.5 Å². The molecule has 1 saturated heterocycles. The number of aryl methyl sites for hydroxylation is 1. The van der Waals surface area contributed by atoms with Gasteiger partial charge in [0, 0.05) is 42.2 Å². The summed E-state index contributed by atoms with van der Waals surface area (Å²) >= 11 is 1.52. The maximum atomic E-state index is 13.6. The fourth-order valence-corrected chi connectivity index (χ4v) is 7.10. The monoisotopic (exact) mass is 510 g/mol. The molecule has 4 heterocycles. The lowest BCUT2D eigenvalue weighted by Crippen LogP contribution is -2.33. The maximum absolute atomic E-state index is 13.6. The second kappa shape index (κ2) is 9.05. The first-order chi connectivity index (χ1) is 17.4. The Kier molecular flexibility index (Phi) is 5.97. The molecular weight excluding hydrogens is 478 g/mol. The molecule has 2 aromatic heterocycles. The Bertz CT molecular complexity index is 1240. The van der Waals surface area contributed by atoms with E-state index >= 15 is 0 Å². The Hall–Kier alpha value is -2.61. The highest BCUT2D eigenvalue weighted by Gasteiger charge is 2.71. The minimum absolute atomic E-state index is 0.0103. The molecule has 2 aliphatic heterocycles. The van der Waals surface area contributed by atoms with Crippen LogP contribution in [0.15, 0.2) is 40.5 Å². The highest BCUT2D eigenvalue weighted by atomic mass is 32.1. The molecule has 1 N–H and O–H groups in total. The van der Waals surface area contributed by atoms with Gasteiger partial charge in [0.1, 0.15) is 5.82 Å². The maximum Gasteiger partial charge on any atom is 0.261 e. The van der Waals surface area contributed by atoms with E-state index in [4.69, 9.17) is 4.98 Å². The second-order valence-corrected chi connectivity index (χ2v) is 11.7. The third-order valence-electron chi connectivity index (χ3n) is 8.27. The van der Waals surface area contributed by atoms with Crippen LogP contribution in [-0.2, 0) is 12.8 Å². The van der Waals surface area contributed by atoms with Crippen LogP contribution in [0.4, 0.5) is 14.6 Å². The van der Waals surface area contributed by atoms with E-state index in [0.29, 0.717) is 30.3 Å². The van der Waals surface area contributed by atoms with Crippen LogP contribution in [0.5, 0.6) is 0 Å². The summed E-state index contributed by atoms with van der Waals surface area (Å²) in [5.74, 6) is -2.29. The molecule has 0 radical (unpaired) electrons. The fraction of sp³-hybridized carbons (Fsp3) is 0.536. The van der Waals surface area contributed by atoms with E-state index in [2.05, 4.69) is 36.4 Å². The van der Waals surface area contributed by atoms with Gasteiger partial charge in [0.25, 0.3) is 11.8 Å². The third-order valence-corrected chi connectivity index (χ3v) is 9.35. The standard InChI is InChI=1S/C28H32F2N4OS/c1-3-5-17-13-31-26-19(17)8-9-23(26)33-27(35)24-10-7-18(36-24)12-16-6-11-25(32-22(16)4-2)34-14-20-21(15-34)28(20,29)30/h6-7,10-11,13,17,20-21,23H,3-5,8-9,12,14-15H2,1-2H3,(H,33,35)/t17?,20?,21?,23-/m1/s1. The Labute approximate surface area is 214 Å². The molecule has 1 saturated carbocycles. The zero-order valence-electron chi connectivity index (χ0n) is 20.8. The van der Waals surface area contributed by atoms with Gasteiger partial charge in [-0.2, -0.15) is 0 Å². The molecule has 6 rings (SSSR count). The number of hydrogen-bond donors (Lipinski definition) is 1. The van der Waals surface area contributed by atoms with E-state index in [-0.39, 0.29) is 11.9 Å². The minimum Gasteiger partial charge on any atom is -0.356 e. The number of piperidine rings is 1. The lowest BCUT2D eigenvalue weighted by atomic mass is 9.96. The number of fused-ring (bicyclic) bond motifs is 1. The number of thiophene rings is 1. The normalized spacial score (nSPS) is 27.5. The van der Waals surface area contributed by atoms with Crippen molar-refractivity contribution in [3.63, 3.8) is 0 Å². The van der Waals surface area contributed by atoms with Gasteiger partial charge in [-0.3, -0.25) is 9.79 Å². The molecule has 2 aliphatic carbocycles. The van der Waals surface area contributed by atoms with E-state index in [1.54, 1.807) is 0 Å². The Morgan fingerprint density at radius 1 is 1.19 bits per heavy atom. The molecule has 4 atom stereocenters. The van der Waals surface area contributed by atoms with Crippen molar-refractivity contribution >= 4 is 29.3 Å². The van der Waals surface area contributed by atoms with Crippen LogP contribution in [0.3, 0.4) is 0 Å². The first-order valence-corrected chi connectivity index (χ1v) is 14.0. The van der Waals surface area contributed by atoms with Crippen molar-refractivity contribution in [3.8, 4) is 0 Å². The zero-order chi connectivity index (χ0) is 25.0. The molecule has 0 spiro atoms. The van der Waals surface area contributed by atoms with Crippen molar-refractivity contribution in [1.29, 1.82) is 0 Å². The number of allylic oxidation sites excluding steroid dienone is 1. The van der Waals surface area contributed by atoms with Crippen molar-refractivity contribution in [2.75, 3.05) is 18.0 Å². The lowest BCUT2D eigenvalue weighted by molar-refractivity contribution is 0.0796. The number of rotatable bonds is 8. The number of alkyl halides is 2. The van der Waals surface area contributed by atoms with Gasteiger partial charge in [-0.05, 0) is 55.0 Å². The van der Waals surface area contributed by atoms with E-state index in [1.807, 2.05) is 23.1 Å². The predicted octanol–water partition coefficient (Wildman–Crippen LogP) is 5.64. The molecular formula is C28H32F2N4OS. The molecule has 1 amide bonds. The average molecular weight is 511 g/mol. The van der Waals surface area contributed by atoms with Gasteiger partial charge >= 0.3 is 0 Å². The van der Waals surface area contributed by atoms with Crippen LogP contribution in [0.2, 0.25) is 0 Å². The number of carbonyl (C=O) groups excluding carboxylic acids is 1. The van der Waals surface area contributed by atoms with Crippen LogP contribution < -0.4 is 10.2 Å². The third kappa shape index (κ3) is 4.07. The van der Waals surface area contributed by atoms with Crippen molar-refractivity contribution in [2.24, 2.45) is 22.7 Å². The second-order valence-electron chi connectivity index (χ2n) is 10.5. The molecule has 0 bridgehead atoms. The molecule has 3 unspecified atom stereocenters. The van der Waals surface area contributed by atoms with E-state index < -0.39 is 17.8 Å². The summed E-state index contributed by atoms with van der Waals surface area (Å²) in [6.07, 6.45) is 7.75. The molecule has 4 aliphatic rings. The average Bonchev–Trinajstić information content (AvgIpc) is 3.51. The number of hydrogen-bond acceptors (Lipinski definition) is 5. The Morgan fingerprint density at radius 3 is 2.75 bits per heavy atom. The van der Waals surface area contributed by atoms with Gasteiger partial charge in [-0.1, -0.05) is 26.3 Å². The molecule has 2 fully saturated rings. The molecule has 5 nitrogen and oxygen atoms in total. The van der Waals surface area contributed by atoms with Gasteiger partial charge in [-0.25, -0.2) is 13.8 Å². The molecule has 2 aromatic rings. The van der Waals surface area contributed by atoms with Gasteiger partial charge in [0.15, 0.2) is 0 Å². The first-order valence-electron chi connectivity index (χ1n) is 13.2. The van der Waals surface area contributed by atoms with Crippen molar-refractivity contribution in [2.45, 2.75) is 64.3 Å². The number of nitrogens with zero attached hydrogens (tertiary/aromatic N) is 3. The van der Waals surface area contributed by atoms with Gasteiger partial charge in [0.2, 0.25) is 0 Å². The number of nitrogens with one attached hydrogen (secondary N) is 1. The van der Waals surface area contributed by atoms with Gasteiger partial charge < -0.3 is 10.2 Å². The lowest BCUT2D eigenvalue weighted by Gasteiger charge is -2.22. The number of amides is 1. The smallest absolute Gasteiger partial charge is 0.261 e. The summed E-state index contributed by atoms with van der Waals surface area (Å²) in [6, 6.07) is 7.96.